The van der Waals surface area contributed by atoms with Crippen LogP contribution in [0.5, 0.6) is 0 Å². The predicted molar refractivity (Wildman–Crippen MR) is 81.7 cm³/mol. The van der Waals surface area contributed by atoms with Gasteiger partial charge in [-0.15, -0.1) is 0 Å². The SMILES string of the molecule is CN1CCN(C(=O)c2ccc(F)cc2I)CC1(C)C. The number of carbonyl (C=O) groups is 1. The summed E-state index contributed by atoms with van der Waals surface area (Å²) in [6, 6.07) is 4.32. The molecule has 1 saturated heterocycles. The zero-order valence-corrected chi connectivity index (χ0v) is 13.6. The van der Waals surface area contributed by atoms with Crippen LogP contribution in [0, 0.1) is 9.39 Å². The lowest BCUT2D eigenvalue weighted by atomic mass is 9.99. The van der Waals surface area contributed by atoms with Gasteiger partial charge in [-0.1, -0.05) is 0 Å². The molecule has 0 unspecified atom stereocenters. The van der Waals surface area contributed by atoms with Crippen LogP contribution in [0.3, 0.4) is 0 Å². The minimum Gasteiger partial charge on any atom is -0.335 e. The van der Waals surface area contributed by atoms with Gasteiger partial charge in [0.15, 0.2) is 0 Å². The first-order chi connectivity index (χ1) is 8.81. The van der Waals surface area contributed by atoms with Crippen molar-refractivity contribution in [3.8, 4) is 0 Å². The second kappa shape index (κ2) is 5.36. The molecule has 19 heavy (non-hydrogen) atoms. The number of rotatable bonds is 1. The Balaban J connectivity index is 2.21. The molecule has 3 nitrogen and oxygen atoms in total. The molecule has 0 bridgehead atoms. The molecule has 0 atom stereocenters. The molecule has 2 rings (SSSR count). The lowest BCUT2D eigenvalue weighted by molar-refractivity contribution is 0.0310. The van der Waals surface area contributed by atoms with E-state index in [0.717, 1.165) is 6.54 Å². The number of piperazine rings is 1. The van der Waals surface area contributed by atoms with Gasteiger partial charge < -0.3 is 4.90 Å². The molecule has 0 radical (unpaired) electrons. The van der Waals surface area contributed by atoms with Crippen LogP contribution in [0.15, 0.2) is 18.2 Å². The minimum atomic E-state index is -0.306. The number of hydrogen-bond donors (Lipinski definition) is 0. The molecule has 1 fully saturated rings. The van der Waals surface area contributed by atoms with Crippen LogP contribution in [0.4, 0.5) is 4.39 Å². The lowest BCUT2D eigenvalue weighted by Crippen LogP contribution is -2.58. The molecule has 1 aliphatic rings. The van der Waals surface area contributed by atoms with E-state index in [9.17, 15) is 9.18 Å². The Hall–Kier alpha value is -0.690. The molecule has 1 heterocycles. The Morgan fingerprint density at radius 2 is 2.05 bits per heavy atom. The normalized spacial score (nSPS) is 19.5. The van der Waals surface area contributed by atoms with E-state index in [1.807, 2.05) is 27.5 Å². The third kappa shape index (κ3) is 3.08. The third-order valence-electron chi connectivity index (χ3n) is 3.77. The Bertz CT molecular complexity index is 504. The predicted octanol–water partition coefficient (Wildman–Crippen LogP) is 2.60. The molecular weight excluding hydrogens is 358 g/mol. The quantitative estimate of drug-likeness (QED) is 0.704. The number of hydrogen-bond acceptors (Lipinski definition) is 2. The van der Waals surface area contributed by atoms with E-state index in [0.29, 0.717) is 22.2 Å². The summed E-state index contributed by atoms with van der Waals surface area (Å²) in [5.41, 5.74) is 0.557. The van der Waals surface area contributed by atoms with Crippen molar-refractivity contribution < 1.29 is 9.18 Å². The van der Waals surface area contributed by atoms with Crippen molar-refractivity contribution in [2.75, 3.05) is 26.7 Å². The van der Waals surface area contributed by atoms with Gasteiger partial charge in [-0.05, 0) is 61.7 Å². The number of halogens is 2. The van der Waals surface area contributed by atoms with Crippen molar-refractivity contribution in [3.05, 3.63) is 33.1 Å². The molecule has 0 aromatic heterocycles. The second-order valence-corrected chi connectivity index (χ2v) is 6.75. The smallest absolute Gasteiger partial charge is 0.255 e. The summed E-state index contributed by atoms with van der Waals surface area (Å²) in [5.74, 6) is -0.315. The molecule has 1 aromatic carbocycles. The number of nitrogens with zero attached hydrogens (tertiary/aromatic N) is 2. The summed E-state index contributed by atoms with van der Waals surface area (Å²) >= 11 is 2.01. The van der Waals surface area contributed by atoms with Gasteiger partial charge in [0.05, 0.1) is 5.56 Å². The van der Waals surface area contributed by atoms with Gasteiger partial charge in [-0.3, -0.25) is 9.69 Å². The highest BCUT2D eigenvalue weighted by Crippen LogP contribution is 2.22. The maximum Gasteiger partial charge on any atom is 0.255 e. The maximum atomic E-state index is 13.1. The largest absolute Gasteiger partial charge is 0.335 e. The summed E-state index contributed by atoms with van der Waals surface area (Å²) in [6.07, 6.45) is 0. The average molecular weight is 376 g/mol. The van der Waals surface area contributed by atoms with E-state index in [2.05, 4.69) is 25.8 Å². The van der Waals surface area contributed by atoms with Crippen LogP contribution in [0.2, 0.25) is 0 Å². The average Bonchev–Trinajstić information content (AvgIpc) is 2.32. The zero-order chi connectivity index (χ0) is 14.2. The molecule has 0 N–H and O–H groups in total. The van der Waals surface area contributed by atoms with Crippen molar-refractivity contribution in [2.45, 2.75) is 19.4 Å². The van der Waals surface area contributed by atoms with Gasteiger partial charge in [0, 0.05) is 28.7 Å². The van der Waals surface area contributed by atoms with E-state index in [-0.39, 0.29) is 17.3 Å². The van der Waals surface area contributed by atoms with E-state index >= 15 is 0 Å². The van der Waals surface area contributed by atoms with E-state index in [1.54, 1.807) is 6.07 Å². The molecule has 1 aliphatic heterocycles. The van der Waals surface area contributed by atoms with Crippen LogP contribution in [-0.4, -0.2) is 47.9 Å². The molecule has 0 spiro atoms. The fraction of sp³-hybridized carbons (Fsp3) is 0.500. The Kier molecular flexibility index (Phi) is 4.15. The second-order valence-electron chi connectivity index (χ2n) is 5.58. The van der Waals surface area contributed by atoms with E-state index < -0.39 is 0 Å². The van der Waals surface area contributed by atoms with Gasteiger partial charge in [0.25, 0.3) is 5.91 Å². The van der Waals surface area contributed by atoms with Crippen molar-refractivity contribution >= 4 is 28.5 Å². The molecule has 104 valence electrons. The fourth-order valence-electron chi connectivity index (χ4n) is 2.25. The molecule has 0 saturated carbocycles. The third-order valence-corrected chi connectivity index (χ3v) is 4.66. The van der Waals surface area contributed by atoms with Crippen LogP contribution < -0.4 is 0 Å². The molecule has 5 heteroatoms. The van der Waals surface area contributed by atoms with Crippen molar-refractivity contribution in [1.29, 1.82) is 0 Å². The van der Waals surface area contributed by atoms with Crippen molar-refractivity contribution in [2.24, 2.45) is 0 Å². The zero-order valence-electron chi connectivity index (χ0n) is 11.4. The monoisotopic (exact) mass is 376 g/mol. The molecule has 0 aliphatic carbocycles. The maximum absolute atomic E-state index is 13.1. The lowest BCUT2D eigenvalue weighted by Gasteiger charge is -2.45. The van der Waals surface area contributed by atoms with Gasteiger partial charge in [-0.25, -0.2) is 4.39 Å². The van der Waals surface area contributed by atoms with Gasteiger partial charge in [-0.2, -0.15) is 0 Å². The molecule has 1 amide bonds. The van der Waals surface area contributed by atoms with E-state index in [1.165, 1.54) is 12.1 Å². The summed E-state index contributed by atoms with van der Waals surface area (Å²) in [7, 11) is 2.07. The first-order valence-corrected chi connectivity index (χ1v) is 7.35. The topological polar surface area (TPSA) is 23.6 Å². The van der Waals surface area contributed by atoms with E-state index in [4.69, 9.17) is 0 Å². The highest BCUT2D eigenvalue weighted by Gasteiger charge is 2.33. The summed E-state index contributed by atoms with van der Waals surface area (Å²) in [5, 5.41) is 0. The number of likely N-dealkylation sites (N-methyl/N-ethyl adjacent to an activating group) is 1. The standard InChI is InChI=1S/C14H18FIN2O/c1-14(2)9-18(7-6-17(14)3)13(19)11-5-4-10(15)8-12(11)16/h4-5,8H,6-7,9H2,1-3H3. The number of carbonyl (C=O) groups excluding carboxylic acids is 1. The minimum absolute atomic E-state index is 0.00873. The Labute approximate surface area is 126 Å². The Morgan fingerprint density at radius 3 is 2.63 bits per heavy atom. The summed E-state index contributed by atoms with van der Waals surface area (Å²) < 4.78 is 13.8. The highest BCUT2D eigenvalue weighted by atomic mass is 127. The van der Waals surface area contributed by atoms with Gasteiger partial charge in [0.2, 0.25) is 0 Å². The summed E-state index contributed by atoms with van der Waals surface area (Å²) in [6.45, 7) is 6.52. The number of amides is 1. The first-order valence-electron chi connectivity index (χ1n) is 6.27. The fourth-order valence-corrected chi connectivity index (χ4v) is 2.95. The van der Waals surface area contributed by atoms with Crippen molar-refractivity contribution in [1.82, 2.24) is 9.80 Å². The van der Waals surface area contributed by atoms with Gasteiger partial charge in [0.1, 0.15) is 5.82 Å². The number of benzene rings is 1. The van der Waals surface area contributed by atoms with Crippen molar-refractivity contribution in [3.63, 3.8) is 0 Å². The van der Waals surface area contributed by atoms with Crippen LogP contribution in [0.1, 0.15) is 24.2 Å². The van der Waals surface area contributed by atoms with Crippen LogP contribution in [0.25, 0.3) is 0 Å². The van der Waals surface area contributed by atoms with Gasteiger partial charge >= 0.3 is 0 Å². The first kappa shape index (κ1) is 14.7. The highest BCUT2D eigenvalue weighted by molar-refractivity contribution is 14.1. The molecular formula is C14H18FIN2O. The van der Waals surface area contributed by atoms with Crippen LogP contribution >= 0.6 is 22.6 Å². The summed E-state index contributed by atoms with van der Waals surface area (Å²) in [4.78, 5) is 16.6. The molecule has 1 aromatic rings. The van der Waals surface area contributed by atoms with Crippen LogP contribution in [-0.2, 0) is 0 Å². The Morgan fingerprint density at radius 1 is 1.37 bits per heavy atom.